The highest BCUT2D eigenvalue weighted by Gasteiger charge is 2.15. The van der Waals surface area contributed by atoms with Crippen LogP contribution < -0.4 is 10.5 Å². The molecule has 6 nitrogen and oxygen atoms in total. The topological polar surface area (TPSA) is 79.4 Å². The molecule has 2 N–H and O–H groups in total. The van der Waals surface area contributed by atoms with Gasteiger partial charge in [-0.05, 0) is 66.4 Å². The molecule has 33 heavy (non-hydrogen) atoms. The molecule has 4 aromatic rings. The minimum Gasteiger partial charge on any atom is -0.487 e. The van der Waals surface area contributed by atoms with Crippen molar-refractivity contribution < 1.29 is 14.3 Å². The maximum Gasteiger partial charge on any atom is 0.309 e. The van der Waals surface area contributed by atoms with E-state index >= 15 is 0 Å². The second-order valence-electron chi connectivity index (χ2n) is 8.31. The molecule has 0 bridgehead atoms. The minimum atomic E-state index is -0.278. The van der Waals surface area contributed by atoms with Gasteiger partial charge in [0.05, 0.1) is 19.0 Å². The van der Waals surface area contributed by atoms with E-state index < -0.39 is 0 Å². The van der Waals surface area contributed by atoms with Gasteiger partial charge in [0.1, 0.15) is 18.1 Å². The van der Waals surface area contributed by atoms with Crippen molar-refractivity contribution in [2.75, 3.05) is 7.11 Å². The number of nitrogens with zero attached hydrogens (tertiary/aromatic N) is 2. The highest BCUT2D eigenvalue weighted by atomic mass is 16.5. The molecule has 0 radical (unpaired) electrons. The van der Waals surface area contributed by atoms with Crippen LogP contribution in [-0.4, -0.2) is 22.9 Å². The first-order valence-electron chi connectivity index (χ1n) is 11.1. The van der Waals surface area contributed by atoms with Crippen molar-refractivity contribution >= 4 is 16.9 Å². The molecule has 1 aromatic heterocycles. The van der Waals surface area contributed by atoms with E-state index in [2.05, 4.69) is 44.2 Å². The summed E-state index contributed by atoms with van der Waals surface area (Å²) in [6.07, 6.45) is 0.212. The van der Waals surface area contributed by atoms with Gasteiger partial charge in [0.25, 0.3) is 0 Å². The van der Waals surface area contributed by atoms with Gasteiger partial charge in [0.15, 0.2) is 0 Å². The zero-order chi connectivity index (χ0) is 23.4. The van der Waals surface area contributed by atoms with Crippen molar-refractivity contribution in [3.8, 4) is 16.9 Å². The van der Waals surface area contributed by atoms with Crippen molar-refractivity contribution in [3.63, 3.8) is 0 Å². The summed E-state index contributed by atoms with van der Waals surface area (Å²) >= 11 is 0. The van der Waals surface area contributed by atoms with E-state index in [1.807, 2.05) is 41.1 Å². The summed E-state index contributed by atoms with van der Waals surface area (Å²) in [7, 11) is 1.39. The summed E-state index contributed by atoms with van der Waals surface area (Å²) in [6.45, 7) is 5.07. The maximum absolute atomic E-state index is 11.6. The molecule has 0 saturated carbocycles. The van der Waals surface area contributed by atoms with Crippen LogP contribution in [0.4, 0.5) is 0 Å². The third kappa shape index (κ3) is 5.07. The van der Waals surface area contributed by atoms with Crippen molar-refractivity contribution in [2.45, 2.75) is 39.5 Å². The molecule has 0 unspecified atom stereocenters. The lowest BCUT2D eigenvalue weighted by molar-refractivity contribution is -0.139. The average molecular weight is 444 g/mol. The van der Waals surface area contributed by atoms with Crippen LogP contribution in [0.25, 0.3) is 22.0 Å². The van der Waals surface area contributed by atoms with Gasteiger partial charge < -0.3 is 15.2 Å². The Kier molecular flexibility index (Phi) is 6.75. The Bertz CT molecular complexity index is 1280. The normalized spacial score (nSPS) is 11.2. The van der Waals surface area contributed by atoms with E-state index in [0.29, 0.717) is 18.9 Å². The number of carbonyl (C=O) groups excluding carboxylic acids is 1. The van der Waals surface area contributed by atoms with Crippen LogP contribution >= 0.6 is 0 Å². The smallest absolute Gasteiger partial charge is 0.309 e. The monoisotopic (exact) mass is 443 g/mol. The standard InChI is InChI=1S/C27H29N3O3/c1-18(2)30-26-11-10-22(21-8-4-7-20(12-21)16-28)15-24(26)25(29-30)17-33-23-9-5-6-19(13-23)14-27(31)32-3/h4-13,15,18H,14,16-17,28H2,1-3H3. The summed E-state index contributed by atoms with van der Waals surface area (Å²) in [6, 6.07) is 22.4. The molecule has 0 amide bonds. The number of aromatic nitrogens is 2. The number of benzene rings is 3. The number of hydrogen-bond acceptors (Lipinski definition) is 5. The molecule has 0 aliphatic carbocycles. The van der Waals surface area contributed by atoms with Gasteiger partial charge in [-0.15, -0.1) is 0 Å². The molecule has 0 aliphatic heterocycles. The average Bonchev–Trinajstić information content (AvgIpc) is 3.21. The van der Waals surface area contributed by atoms with Crippen LogP contribution in [0.2, 0.25) is 0 Å². The van der Waals surface area contributed by atoms with Crippen molar-refractivity contribution in [3.05, 3.63) is 83.6 Å². The van der Waals surface area contributed by atoms with E-state index in [4.69, 9.17) is 20.3 Å². The molecular weight excluding hydrogens is 414 g/mol. The summed E-state index contributed by atoms with van der Waals surface area (Å²) < 4.78 is 12.9. The number of fused-ring (bicyclic) bond motifs is 1. The lowest BCUT2D eigenvalue weighted by Crippen LogP contribution is -2.05. The van der Waals surface area contributed by atoms with Gasteiger partial charge in [-0.2, -0.15) is 5.10 Å². The number of ether oxygens (including phenoxy) is 2. The summed E-state index contributed by atoms with van der Waals surface area (Å²) in [5, 5.41) is 5.91. The van der Waals surface area contributed by atoms with Crippen LogP contribution in [0.1, 0.15) is 36.7 Å². The fourth-order valence-corrected chi connectivity index (χ4v) is 3.90. The first-order valence-corrected chi connectivity index (χ1v) is 11.1. The number of methoxy groups -OCH3 is 1. The number of carbonyl (C=O) groups is 1. The molecule has 0 atom stereocenters. The maximum atomic E-state index is 11.6. The highest BCUT2D eigenvalue weighted by molar-refractivity contribution is 5.87. The number of rotatable bonds is 8. The molecule has 0 saturated heterocycles. The van der Waals surface area contributed by atoms with Crippen LogP contribution in [0.15, 0.2) is 66.7 Å². The largest absolute Gasteiger partial charge is 0.487 e. The second kappa shape index (κ2) is 9.88. The lowest BCUT2D eigenvalue weighted by Gasteiger charge is -2.08. The van der Waals surface area contributed by atoms with E-state index in [-0.39, 0.29) is 18.4 Å². The lowest BCUT2D eigenvalue weighted by atomic mass is 10.0. The molecule has 0 fully saturated rings. The summed E-state index contributed by atoms with van der Waals surface area (Å²) in [4.78, 5) is 11.6. The van der Waals surface area contributed by atoms with Crippen molar-refractivity contribution in [2.24, 2.45) is 5.73 Å². The molecule has 6 heteroatoms. The Morgan fingerprint density at radius 1 is 1.00 bits per heavy atom. The molecule has 4 rings (SSSR count). The van der Waals surface area contributed by atoms with E-state index in [0.717, 1.165) is 38.9 Å². The SMILES string of the molecule is COC(=O)Cc1cccc(OCc2nn(C(C)C)c3ccc(-c4cccc(CN)c4)cc23)c1. The fourth-order valence-electron chi connectivity index (χ4n) is 3.90. The van der Waals surface area contributed by atoms with E-state index in [9.17, 15) is 4.79 Å². The van der Waals surface area contributed by atoms with Gasteiger partial charge in [0, 0.05) is 18.0 Å². The Balaban J connectivity index is 1.65. The van der Waals surface area contributed by atoms with Gasteiger partial charge in [-0.3, -0.25) is 9.48 Å². The molecular formula is C27H29N3O3. The third-order valence-electron chi connectivity index (χ3n) is 5.62. The fraction of sp³-hybridized carbons (Fsp3) is 0.259. The van der Waals surface area contributed by atoms with Gasteiger partial charge in [0.2, 0.25) is 0 Å². The number of esters is 1. The summed E-state index contributed by atoms with van der Waals surface area (Å²) in [5.74, 6) is 0.413. The zero-order valence-electron chi connectivity index (χ0n) is 19.2. The van der Waals surface area contributed by atoms with Crippen LogP contribution in [-0.2, 0) is 29.1 Å². The Hall–Kier alpha value is -3.64. The number of nitrogens with two attached hydrogens (primary N) is 1. The third-order valence-corrected chi connectivity index (χ3v) is 5.62. The highest BCUT2D eigenvalue weighted by Crippen LogP contribution is 2.29. The molecule has 0 aliphatic rings. The number of hydrogen-bond donors (Lipinski definition) is 1. The predicted molar refractivity (Wildman–Crippen MR) is 130 cm³/mol. The van der Waals surface area contributed by atoms with Crippen LogP contribution in [0, 0.1) is 0 Å². The molecule has 170 valence electrons. The zero-order valence-corrected chi connectivity index (χ0v) is 19.2. The first-order chi connectivity index (χ1) is 16.0. The van der Waals surface area contributed by atoms with Crippen molar-refractivity contribution in [1.29, 1.82) is 0 Å². The quantitative estimate of drug-likeness (QED) is 0.386. The molecule has 1 heterocycles. The van der Waals surface area contributed by atoms with E-state index in [1.54, 1.807) is 0 Å². The minimum absolute atomic E-state index is 0.212. The van der Waals surface area contributed by atoms with Crippen LogP contribution in [0.3, 0.4) is 0 Å². The molecule has 0 spiro atoms. The predicted octanol–water partition coefficient (Wildman–Crippen LogP) is 5.04. The second-order valence-corrected chi connectivity index (χ2v) is 8.31. The first kappa shape index (κ1) is 22.6. The Labute approximate surface area is 193 Å². The van der Waals surface area contributed by atoms with Crippen molar-refractivity contribution in [1.82, 2.24) is 9.78 Å². The Morgan fingerprint density at radius 3 is 2.52 bits per heavy atom. The Morgan fingerprint density at radius 2 is 1.76 bits per heavy atom. The summed E-state index contributed by atoms with van der Waals surface area (Å²) in [5.41, 5.74) is 12.0. The van der Waals surface area contributed by atoms with Gasteiger partial charge in [-0.25, -0.2) is 0 Å². The van der Waals surface area contributed by atoms with E-state index in [1.165, 1.54) is 7.11 Å². The van der Waals surface area contributed by atoms with Gasteiger partial charge >= 0.3 is 5.97 Å². The molecule has 3 aromatic carbocycles. The van der Waals surface area contributed by atoms with Gasteiger partial charge in [-0.1, -0.05) is 36.4 Å². The van der Waals surface area contributed by atoms with Crippen LogP contribution in [0.5, 0.6) is 5.75 Å².